The molecule has 3 rings (SSSR count). The van der Waals surface area contributed by atoms with E-state index in [2.05, 4.69) is 15.4 Å². The lowest BCUT2D eigenvalue weighted by Crippen LogP contribution is -2.32. The molecule has 1 aliphatic rings. The molecule has 0 unspecified atom stereocenters. The van der Waals surface area contributed by atoms with Crippen molar-refractivity contribution in [1.82, 2.24) is 10.2 Å². The molecule has 20 heavy (non-hydrogen) atoms. The minimum atomic E-state index is -0.130. The van der Waals surface area contributed by atoms with Crippen molar-refractivity contribution in [3.8, 4) is 0 Å². The van der Waals surface area contributed by atoms with Gasteiger partial charge in [-0.15, -0.1) is 0 Å². The predicted octanol–water partition coefficient (Wildman–Crippen LogP) is 2.03. The summed E-state index contributed by atoms with van der Waals surface area (Å²) in [5, 5.41) is 19.0. The molecule has 0 saturated heterocycles. The Kier molecular flexibility index (Phi) is 3.20. The van der Waals surface area contributed by atoms with Gasteiger partial charge in [0.1, 0.15) is 5.69 Å². The van der Waals surface area contributed by atoms with Crippen molar-refractivity contribution in [2.45, 2.75) is 12.8 Å². The van der Waals surface area contributed by atoms with E-state index in [1.165, 1.54) is 0 Å². The Bertz CT molecular complexity index is 649. The molecule has 1 aromatic carbocycles. The molecule has 2 aromatic rings. The van der Waals surface area contributed by atoms with E-state index in [9.17, 15) is 4.79 Å². The normalized spacial score (nSPS) is 16.8. The van der Waals surface area contributed by atoms with Crippen molar-refractivity contribution in [3.63, 3.8) is 0 Å². The molecule has 1 amide bonds. The van der Waals surface area contributed by atoms with E-state index in [4.69, 9.17) is 5.21 Å². The van der Waals surface area contributed by atoms with Gasteiger partial charge < -0.3 is 10.1 Å². The molecular formula is C14H14N4O2. The summed E-state index contributed by atoms with van der Waals surface area (Å²) < 4.78 is 0. The summed E-state index contributed by atoms with van der Waals surface area (Å²) in [6, 6.07) is 9.11. The first-order valence-corrected chi connectivity index (χ1v) is 6.43. The molecule has 2 N–H and O–H groups in total. The lowest BCUT2D eigenvalue weighted by Gasteiger charge is -2.21. The van der Waals surface area contributed by atoms with Gasteiger partial charge in [-0.1, -0.05) is 23.4 Å². The predicted molar refractivity (Wildman–Crippen MR) is 74.3 cm³/mol. The van der Waals surface area contributed by atoms with Gasteiger partial charge in [0.2, 0.25) is 0 Å². The Morgan fingerprint density at radius 2 is 2.20 bits per heavy atom. The lowest BCUT2D eigenvalue weighted by atomic mass is 10.1. The van der Waals surface area contributed by atoms with Gasteiger partial charge in [0.05, 0.1) is 11.4 Å². The monoisotopic (exact) mass is 270 g/mol. The second-order valence-corrected chi connectivity index (χ2v) is 4.59. The Morgan fingerprint density at radius 1 is 1.35 bits per heavy atom. The summed E-state index contributed by atoms with van der Waals surface area (Å²) >= 11 is 0. The van der Waals surface area contributed by atoms with Gasteiger partial charge >= 0.3 is 0 Å². The van der Waals surface area contributed by atoms with Crippen molar-refractivity contribution in [1.29, 1.82) is 0 Å². The number of anilines is 1. The van der Waals surface area contributed by atoms with Crippen LogP contribution in [0.5, 0.6) is 0 Å². The van der Waals surface area contributed by atoms with Crippen molar-refractivity contribution in [2.75, 3.05) is 11.4 Å². The fourth-order valence-electron chi connectivity index (χ4n) is 2.45. The molecule has 0 bridgehead atoms. The third kappa shape index (κ3) is 2.05. The van der Waals surface area contributed by atoms with Gasteiger partial charge in [-0.3, -0.25) is 9.89 Å². The average molecular weight is 270 g/mol. The standard InChI is InChI=1S/C14H14N4O2/c19-14(12-7-8-15-16-12)18-9-3-5-11(17-20)10-4-1-2-6-13(10)18/h1-2,4,6-8,20H,3,5,9H2,(H,15,16)/b17-11-. The van der Waals surface area contributed by atoms with Crippen LogP contribution in [0.25, 0.3) is 0 Å². The Labute approximate surface area is 115 Å². The van der Waals surface area contributed by atoms with Gasteiger partial charge in [0.25, 0.3) is 5.91 Å². The van der Waals surface area contributed by atoms with Crippen LogP contribution in [0.2, 0.25) is 0 Å². The minimum Gasteiger partial charge on any atom is -0.411 e. The molecular weight excluding hydrogens is 256 g/mol. The molecule has 1 aromatic heterocycles. The molecule has 102 valence electrons. The number of fused-ring (bicyclic) bond motifs is 1. The second-order valence-electron chi connectivity index (χ2n) is 4.59. The molecule has 0 saturated carbocycles. The highest BCUT2D eigenvalue weighted by atomic mass is 16.4. The Morgan fingerprint density at radius 3 is 2.95 bits per heavy atom. The number of hydrogen-bond donors (Lipinski definition) is 2. The van der Waals surface area contributed by atoms with Crippen LogP contribution >= 0.6 is 0 Å². The molecule has 0 spiro atoms. The largest absolute Gasteiger partial charge is 0.411 e. The number of carbonyl (C=O) groups is 1. The van der Waals surface area contributed by atoms with Crippen LogP contribution in [0.4, 0.5) is 5.69 Å². The highest BCUT2D eigenvalue weighted by Gasteiger charge is 2.25. The first-order chi connectivity index (χ1) is 9.81. The van der Waals surface area contributed by atoms with Crippen LogP contribution in [0.1, 0.15) is 28.9 Å². The van der Waals surface area contributed by atoms with Gasteiger partial charge in [-0.25, -0.2) is 0 Å². The number of aromatic nitrogens is 2. The van der Waals surface area contributed by atoms with Gasteiger partial charge in [0, 0.05) is 18.3 Å². The number of aromatic amines is 1. The van der Waals surface area contributed by atoms with Crippen LogP contribution < -0.4 is 4.90 Å². The van der Waals surface area contributed by atoms with Gasteiger partial charge in [-0.2, -0.15) is 5.10 Å². The van der Waals surface area contributed by atoms with Crippen molar-refractivity contribution in [2.24, 2.45) is 5.16 Å². The number of H-pyrrole nitrogens is 1. The van der Waals surface area contributed by atoms with Crippen molar-refractivity contribution in [3.05, 3.63) is 47.8 Å². The van der Waals surface area contributed by atoms with Crippen LogP contribution in [0.15, 0.2) is 41.7 Å². The highest BCUT2D eigenvalue weighted by Crippen LogP contribution is 2.27. The van der Waals surface area contributed by atoms with E-state index in [0.29, 0.717) is 24.4 Å². The molecule has 0 aliphatic carbocycles. The van der Waals surface area contributed by atoms with Crippen LogP contribution in [-0.4, -0.2) is 33.6 Å². The van der Waals surface area contributed by atoms with Crippen LogP contribution in [-0.2, 0) is 0 Å². The number of para-hydroxylation sites is 1. The zero-order valence-corrected chi connectivity index (χ0v) is 10.8. The number of carbonyl (C=O) groups excluding carboxylic acids is 1. The Balaban J connectivity index is 2.06. The summed E-state index contributed by atoms with van der Waals surface area (Å²) in [6.45, 7) is 0.577. The lowest BCUT2D eigenvalue weighted by molar-refractivity contribution is 0.0982. The maximum atomic E-state index is 12.5. The molecule has 0 atom stereocenters. The van der Waals surface area contributed by atoms with Gasteiger partial charge in [-0.05, 0) is 25.0 Å². The minimum absolute atomic E-state index is 0.130. The SMILES string of the molecule is O=C(c1ccn[nH]1)N1CCC/C(=N/O)c2ccccc21. The number of nitrogens with one attached hydrogen (secondary N) is 1. The van der Waals surface area contributed by atoms with E-state index in [1.807, 2.05) is 24.3 Å². The molecule has 6 heteroatoms. The maximum absolute atomic E-state index is 12.5. The smallest absolute Gasteiger partial charge is 0.276 e. The first kappa shape index (κ1) is 12.4. The Hall–Kier alpha value is -2.63. The summed E-state index contributed by atoms with van der Waals surface area (Å²) in [5.41, 5.74) is 2.61. The fraction of sp³-hybridized carbons (Fsp3) is 0.214. The second kappa shape index (κ2) is 5.16. The number of rotatable bonds is 1. The number of benzene rings is 1. The van der Waals surface area contributed by atoms with E-state index in [-0.39, 0.29) is 5.91 Å². The quantitative estimate of drug-likeness (QED) is 0.614. The molecule has 2 heterocycles. The van der Waals surface area contributed by atoms with E-state index < -0.39 is 0 Å². The van der Waals surface area contributed by atoms with Crippen molar-refractivity contribution >= 4 is 17.3 Å². The fourth-order valence-corrected chi connectivity index (χ4v) is 2.45. The zero-order valence-electron chi connectivity index (χ0n) is 10.8. The van der Waals surface area contributed by atoms with Crippen molar-refractivity contribution < 1.29 is 10.0 Å². The first-order valence-electron chi connectivity index (χ1n) is 6.43. The highest BCUT2D eigenvalue weighted by molar-refractivity contribution is 6.12. The number of amides is 1. The third-order valence-electron chi connectivity index (χ3n) is 3.40. The van der Waals surface area contributed by atoms with Gasteiger partial charge in [0.15, 0.2) is 0 Å². The third-order valence-corrected chi connectivity index (χ3v) is 3.40. The molecule has 0 radical (unpaired) electrons. The van der Waals surface area contributed by atoms with Crippen LogP contribution in [0.3, 0.4) is 0 Å². The molecule has 0 fully saturated rings. The van der Waals surface area contributed by atoms with Crippen LogP contribution in [0, 0.1) is 0 Å². The summed E-state index contributed by atoms with van der Waals surface area (Å²) in [5.74, 6) is -0.130. The topological polar surface area (TPSA) is 81.6 Å². The summed E-state index contributed by atoms with van der Waals surface area (Å²) in [4.78, 5) is 14.2. The summed E-state index contributed by atoms with van der Waals surface area (Å²) in [7, 11) is 0. The number of hydrogen-bond acceptors (Lipinski definition) is 4. The molecule has 1 aliphatic heterocycles. The van der Waals surface area contributed by atoms with E-state index >= 15 is 0 Å². The summed E-state index contributed by atoms with van der Waals surface area (Å²) in [6.07, 6.45) is 2.94. The average Bonchev–Trinajstić information content (AvgIpc) is 2.95. The van der Waals surface area contributed by atoms with E-state index in [1.54, 1.807) is 17.2 Å². The maximum Gasteiger partial charge on any atom is 0.276 e. The zero-order chi connectivity index (χ0) is 13.9. The molecule has 6 nitrogen and oxygen atoms in total. The number of nitrogens with zero attached hydrogens (tertiary/aromatic N) is 3. The number of oxime groups is 1. The van der Waals surface area contributed by atoms with E-state index in [0.717, 1.165) is 17.7 Å².